The number of hydrogen-bond acceptors (Lipinski definition) is 5. The number of rotatable bonds is 6. The molecule has 0 saturated heterocycles. The van der Waals surface area contributed by atoms with Crippen molar-refractivity contribution in [2.24, 2.45) is 5.73 Å². The van der Waals surface area contributed by atoms with Crippen LogP contribution in [0.1, 0.15) is 5.69 Å². The lowest BCUT2D eigenvalue weighted by Gasteiger charge is -2.10. The van der Waals surface area contributed by atoms with Crippen molar-refractivity contribution in [2.45, 2.75) is 13.0 Å². The van der Waals surface area contributed by atoms with E-state index in [2.05, 4.69) is 15.1 Å². The highest BCUT2D eigenvalue weighted by atomic mass is 35.5. The molecule has 0 saturated carbocycles. The highest BCUT2D eigenvalue weighted by Gasteiger charge is 2.19. The zero-order valence-electron chi connectivity index (χ0n) is 15.1. The zero-order chi connectivity index (χ0) is 20.5. The zero-order valence-corrected chi connectivity index (χ0v) is 15.8. The van der Waals surface area contributed by atoms with Gasteiger partial charge in [-0.05, 0) is 30.3 Å². The van der Waals surface area contributed by atoms with E-state index < -0.39 is 11.7 Å². The van der Waals surface area contributed by atoms with Gasteiger partial charge in [0.25, 0.3) is 0 Å². The van der Waals surface area contributed by atoms with Crippen molar-refractivity contribution in [2.75, 3.05) is 6.61 Å². The van der Waals surface area contributed by atoms with E-state index in [-0.39, 0.29) is 24.6 Å². The van der Waals surface area contributed by atoms with Gasteiger partial charge in [-0.2, -0.15) is 5.10 Å². The molecule has 4 aromatic rings. The predicted molar refractivity (Wildman–Crippen MR) is 105 cm³/mol. The van der Waals surface area contributed by atoms with Gasteiger partial charge in [0.05, 0.1) is 47.7 Å². The average molecular weight is 415 g/mol. The van der Waals surface area contributed by atoms with Gasteiger partial charge in [-0.25, -0.2) is 18.9 Å². The first-order valence-electron chi connectivity index (χ1n) is 8.71. The molecule has 1 amide bonds. The monoisotopic (exact) mass is 414 g/mol. The van der Waals surface area contributed by atoms with Crippen molar-refractivity contribution < 1.29 is 14.3 Å². The smallest absolute Gasteiger partial charge is 0.223 e. The molecule has 0 radical (unpaired) electrons. The molecule has 0 aliphatic carbocycles. The van der Waals surface area contributed by atoms with Crippen LogP contribution in [0.4, 0.5) is 4.39 Å². The van der Waals surface area contributed by atoms with Crippen molar-refractivity contribution in [3.63, 3.8) is 0 Å². The van der Waals surface area contributed by atoms with Gasteiger partial charge < -0.3 is 15.4 Å². The molecule has 0 fully saturated rings. The van der Waals surface area contributed by atoms with Crippen LogP contribution in [0.2, 0.25) is 5.02 Å². The molecule has 0 aliphatic heterocycles. The second-order valence-corrected chi connectivity index (χ2v) is 6.78. The number of primary amides is 1. The summed E-state index contributed by atoms with van der Waals surface area (Å²) in [6, 6.07) is 7.84. The second-order valence-electron chi connectivity index (χ2n) is 6.37. The van der Waals surface area contributed by atoms with Gasteiger partial charge in [-0.15, -0.1) is 0 Å². The summed E-state index contributed by atoms with van der Waals surface area (Å²) in [6.45, 7) is 0.183. The molecular formula is C19H16ClFN6O2. The third-order valence-electron chi connectivity index (χ3n) is 4.40. The van der Waals surface area contributed by atoms with Crippen molar-refractivity contribution >= 4 is 23.2 Å². The Labute approximate surface area is 169 Å². The number of imidazole rings is 2. The minimum Gasteiger partial charge on any atom is -0.395 e. The summed E-state index contributed by atoms with van der Waals surface area (Å²) in [5.74, 6) is -1.02. The van der Waals surface area contributed by atoms with E-state index in [0.717, 1.165) is 0 Å². The van der Waals surface area contributed by atoms with E-state index >= 15 is 0 Å². The van der Waals surface area contributed by atoms with Gasteiger partial charge in [0.15, 0.2) is 5.65 Å². The maximum atomic E-state index is 13.6. The van der Waals surface area contributed by atoms with Gasteiger partial charge >= 0.3 is 0 Å². The van der Waals surface area contributed by atoms with E-state index in [0.29, 0.717) is 34.0 Å². The second kappa shape index (κ2) is 7.61. The summed E-state index contributed by atoms with van der Waals surface area (Å²) in [4.78, 5) is 20.0. The summed E-state index contributed by atoms with van der Waals surface area (Å²) in [5.41, 5.74) is 8.69. The number of benzene rings is 1. The first kappa shape index (κ1) is 19.0. The number of fused-ring (bicyclic) bond motifs is 1. The van der Waals surface area contributed by atoms with E-state index in [1.54, 1.807) is 35.3 Å². The lowest BCUT2D eigenvalue weighted by Crippen LogP contribution is -2.15. The highest BCUT2D eigenvalue weighted by Crippen LogP contribution is 2.32. The third kappa shape index (κ3) is 3.57. The molecule has 4 rings (SSSR count). The highest BCUT2D eigenvalue weighted by molar-refractivity contribution is 6.31. The molecule has 29 heavy (non-hydrogen) atoms. The van der Waals surface area contributed by atoms with Crippen LogP contribution in [0.3, 0.4) is 0 Å². The van der Waals surface area contributed by atoms with E-state index in [4.69, 9.17) is 17.3 Å². The Bertz CT molecular complexity index is 1220. The Kier molecular flexibility index (Phi) is 4.99. The van der Waals surface area contributed by atoms with Crippen LogP contribution in [0, 0.1) is 5.82 Å². The summed E-state index contributed by atoms with van der Waals surface area (Å²) in [5, 5.41) is 14.0. The number of aliphatic hydroxyl groups excluding tert-OH is 1. The molecule has 0 unspecified atom stereocenters. The third-order valence-corrected chi connectivity index (χ3v) is 4.69. The van der Waals surface area contributed by atoms with Crippen LogP contribution in [-0.4, -0.2) is 41.8 Å². The molecule has 3 N–H and O–H groups in total. The maximum Gasteiger partial charge on any atom is 0.223 e. The number of nitrogens with two attached hydrogens (primary N) is 1. The molecule has 0 aliphatic rings. The topological polar surface area (TPSA) is 111 Å². The molecule has 1 aromatic carbocycles. The number of nitrogens with zero attached hydrogens (tertiary/aromatic N) is 5. The number of halogens is 2. The summed E-state index contributed by atoms with van der Waals surface area (Å²) in [6.07, 6.45) is 3.11. The fraction of sp³-hybridized carbons (Fsp3) is 0.158. The molecule has 10 heteroatoms. The van der Waals surface area contributed by atoms with Crippen molar-refractivity contribution in [1.29, 1.82) is 0 Å². The van der Waals surface area contributed by atoms with Crippen LogP contribution in [0.15, 0.2) is 42.9 Å². The quantitative estimate of drug-likeness (QED) is 0.501. The van der Waals surface area contributed by atoms with Crippen LogP contribution in [0.5, 0.6) is 0 Å². The van der Waals surface area contributed by atoms with E-state index in [1.165, 1.54) is 16.6 Å². The molecule has 3 heterocycles. The Morgan fingerprint density at radius 1 is 1.24 bits per heavy atom. The SMILES string of the molecule is NC(=O)Cc1cnc2ccc(-c3c(-c4ccc(F)c(Cl)c4)ncn3CCO)nn12. The van der Waals surface area contributed by atoms with Crippen molar-refractivity contribution in [3.8, 4) is 22.6 Å². The first-order valence-corrected chi connectivity index (χ1v) is 9.09. The number of carbonyl (C=O) groups excluding carboxylic acids is 1. The lowest BCUT2D eigenvalue weighted by molar-refractivity contribution is -0.117. The number of amides is 1. The standard InChI is InChI=1S/C19H16ClFN6O2/c20-13-7-11(1-2-14(13)21)18-19(26(5-6-28)10-24-18)15-3-4-17-23-9-12(8-16(22)29)27(17)25-15/h1-4,7,9-10,28H,5-6,8H2,(H2,22,29). The average Bonchev–Trinajstić information content (AvgIpc) is 3.28. The van der Waals surface area contributed by atoms with Crippen LogP contribution in [-0.2, 0) is 17.8 Å². The van der Waals surface area contributed by atoms with Gasteiger partial charge in [-0.1, -0.05) is 11.6 Å². The fourth-order valence-electron chi connectivity index (χ4n) is 3.13. The van der Waals surface area contributed by atoms with Gasteiger partial charge in [0, 0.05) is 12.1 Å². The molecule has 0 atom stereocenters. The van der Waals surface area contributed by atoms with Crippen molar-refractivity contribution in [3.05, 3.63) is 59.4 Å². The summed E-state index contributed by atoms with van der Waals surface area (Å²) in [7, 11) is 0. The van der Waals surface area contributed by atoms with E-state index in [1.807, 2.05) is 0 Å². The number of aromatic nitrogens is 5. The Balaban J connectivity index is 1.90. The summed E-state index contributed by atoms with van der Waals surface area (Å²) >= 11 is 5.94. The van der Waals surface area contributed by atoms with Gasteiger partial charge in [-0.3, -0.25) is 4.79 Å². The first-order chi connectivity index (χ1) is 14.0. The molecule has 148 valence electrons. The van der Waals surface area contributed by atoms with E-state index in [9.17, 15) is 14.3 Å². The number of carbonyl (C=O) groups is 1. The molecule has 8 nitrogen and oxygen atoms in total. The molecule has 3 aromatic heterocycles. The molecule has 0 spiro atoms. The van der Waals surface area contributed by atoms with Crippen LogP contribution in [0.25, 0.3) is 28.3 Å². The Morgan fingerprint density at radius 2 is 2.07 bits per heavy atom. The Hall–Kier alpha value is -3.30. The fourth-order valence-corrected chi connectivity index (χ4v) is 3.31. The van der Waals surface area contributed by atoms with Gasteiger partial charge in [0.2, 0.25) is 5.91 Å². The number of hydrogen-bond donors (Lipinski definition) is 2. The largest absolute Gasteiger partial charge is 0.395 e. The van der Waals surface area contributed by atoms with Gasteiger partial charge in [0.1, 0.15) is 11.5 Å². The maximum absolute atomic E-state index is 13.6. The van der Waals surface area contributed by atoms with Crippen molar-refractivity contribution in [1.82, 2.24) is 24.1 Å². The molecular weight excluding hydrogens is 399 g/mol. The minimum absolute atomic E-state index is 0.00600. The minimum atomic E-state index is -0.527. The predicted octanol–water partition coefficient (Wildman–Crippen LogP) is 2.07. The summed E-state index contributed by atoms with van der Waals surface area (Å²) < 4.78 is 16.9. The van der Waals surface area contributed by atoms with Crippen LogP contribution >= 0.6 is 11.6 Å². The Morgan fingerprint density at radius 3 is 2.79 bits per heavy atom. The number of aliphatic hydroxyl groups is 1. The molecule has 0 bridgehead atoms. The normalized spacial score (nSPS) is 11.3. The van der Waals surface area contributed by atoms with Crippen LogP contribution < -0.4 is 5.73 Å². The lowest BCUT2D eigenvalue weighted by atomic mass is 10.1.